The lowest BCUT2D eigenvalue weighted by Crippen LogP contribution is -2.44. The number of nitrogens with zero attached hydrogens (tertiary/aromatic N) is 3. The predicted molar refractivity (Wildman–Crippen MR) is 132 cm³/mol. The van der Waals surface area contributed by atoms with Gasteiger partial charge in [-0.25, -0.2) is 0 Å². The van der Waals surface area contributed by atoms with Gasteiger partial charge in [0.15, 0.2) is 0 Å². The Kier molecular flexibility index (Phi) is 7.51. The van der Waals surface area contributed by atoms with Crippen molar-refractivity contribution in [2.75, 3.05) is 32.8 Å². The summed E-state index contributed by atoms with van der Waals surface area (Å²) < 4.78 is 6.05. The molecular weight excluding hydrogens is 430 g/mol. The zero-order valence-electron chi connectivity index (χ0n) is 20.2. The molecule has 2 fully saturated rings. The standard InChI is InChI=1S/C27H35N3O4/c1-21(2)19-34-25-10-6-4-8-23(25)18-28-14-11-27(20-28)12-15-29(16-13-27)26(31)17-22-7-3-5-9-24(22)30(32)33/h3-10,21H,11-20H2,1-2H3. The maximum atomic E-state index is 12.9. The van der Waals surface area contributed by atoms with Gasteiger partial charge in [0.25, 0.3) is 5.69 Å². The van der Waals surface area contributed by atoms with E-state index in [1.807, 2.05) is 11.0 Å². The fourth-order valence-electron chi connectivity index (χ4n) is 5.19. The molecule has 7 heteroatoms. The lowest BCUT2D eigenvalue weighted by Gasteiger charge is -2.39. The third kappa shape index (κ3) is 5.76. The highest BCUT2D eigenvalue weighted by molar-refractivity contribution is 5.80. The van der Waals surface area contributed by atoms with E-state index in [-0.39, 0.29) is 23.4 Å². The van der Waals surface area contributed by atoms with Crippen LogP contribution >= 0.6 is 0 Å². The summed E-state index contributed by atoms with van der Waals surface area (Å²) in [5.41, 5.74) is 2.00. The summed E-state index contributed by atoms with van der Waals surface area (Å²) in [4.78, 5) is 28.1. The van der Waals surface area contributed by atoms with Crippen molar-refractivity contribution in [2.45, 2.75) is 46.1 Å². The molecule has 2 aromatic carbocycles. The molecule has 2 aromatic rings. The number of rotatable bonds is 8. The number of para-hydroxylation sites is 2. The molecule has 2 heterocycles. The van der Waals surface area contributed by atoms with E-state index in [0.717, 1.165) is 64.3 Å². The molecule has 7 nitrogen and oxygen atoms in total. The predicted octanol–water partition coefficient (Wildman–Crippen LogP) is 4.69. The van der Waals surface area contributed by atoms with Crippen molar-refractivity contribution in [3.8, 4) is 5.75 Å². The van der Waals surface area contributed by atoms with E-state index < -0.39 is 4.92 Å². The number of hydrogen-bond donors (Lipinski definition) is 0. The Labute approximate surface area is 201 Å². The van der Waals surface area contributed by atoms with Gasteiger partial charge in [0.05, 0.1) is 18.0 Å². The molecule has 0 saturated carbocycles. The molecule has 0 radical (unpaired) electrons. The van der Waals surface area contributed by atoms with E-state index in [4.69, 9.17) is 4.74 Å². The summed E-state index contributed by atoms with van der Waals surface area (Å²) >= 11 is 0. The minimum absolute atomic E-state index is 0.0183. The maximum absolute atomic E-state index is 12.9. The molecule has 0 unspecified atom stereocenters. The zero-order chi connectivity index (χ0) is 24.1. The molecular formula is C27H35N3O4. The van der Waals surface area contributed by atoms with Crippen LogP contribution in [-0.4, -0.2) is 53.4 Å². The van der Waals surface area contributed by atoms with E-state index in [1.54, 1.807) is 18.2 Å². The van der Waals surface area contributed by atoms with Gasteiger partial charge in [-0.05, 0) is 43.2 Å². The molecule has 2 aliphatic rings. The molecule has 182 valence electrons. The van der Waals surface area contributed by atoms with Crippen LogP contribution in [0.1, 0.15) is 44.2 Å². The van der Waals surface area contributed by atoms with Crippen LogP contribution < -0.4 is 4.74 Å². The Morgan fingerprint density at radius 3 is 2.38 bits per heavy atom. The van der Waals surface area contributed by atoms with Crippen LogP contribution in [0.15, 0.2) is 48.5 Å². The molecule has 4 rings (SSSR count). The Morgan fingerprint density at radius 1 is 1.03 bits per heavy atom. The van der Waals surface area contributed by atoms with Gasteiger partial charge in [0.2, 0.25) is 5.91 Å². The summed E-state index contributed by atoms with van der Waals surface area (Å²) in [5.74, 6) is 1.45. The van der Waals surface area contributed by atoms with Crippen LogP contribution in [0.5, 0.6) is 5.75 Å². The average Bonchev–Trinajstić information content (AvgIpc) is 3.20. The highest BCUT2D eigenvalue weighted by Gasteiger charge is 2.41. The quantitative estimate of drug-likeness (QED) is 0.418. The van der Waals surface area contributed by atoms with Crippen molar-refractivity contribution in [3.63, 3.8) is 0 Å². The lowest BCUT2D eigenvalue weighted by atomic mass is 9.77. The van der Waals surface area contributed by atoms with E-state index in [9.17, 15) is 14.9 Å². The summed E-state index contributed by atoms with van der Waals surface area (Å²) in [6.07, 6.45) is 3.20. The SMILES string of the molecule is CC(C)COc1ccccc1CN1CCC2(CCN(C(=O)Cc3ccccc3[N+](=O)[O-])CC2)C1. The number of nitro groups is 1. The Hall–Kier alpha value is -2.93. The van der Waals surface area contributed by atoms with Gasteiger partial charge in [-0.15, -0.1) is 0 Å². The number of carbonyl (C=O) groups is 1. The van der Waals surface area contributed by atoms with Gasteiger partial charge in [-0.2, -0.15) is 0 Å². The van der Waals surface area contributed by atoms with Crippen molar-refractivity contribution in [3.05, 3.63) is 69.8 Å². The number of carbonyl (C=O) groups excluding carboxylic acids is 1. The summed E-state index contributed by atoms with van der Waals surface area (Å²) in [7, 11) is 0. The van der Waals surface area contributed by atoms with Crippen LogP contribution in [0.4, 0.5) is 5.69 Å². The van der Waals surface area contributed by atoms with Crippen molar-refractivity contribution >= 4 is 11.6 Å². The van der Waals surface area contributed by atoms with Crippen LogP contribution in [-0.2, 0) is 17.8 Å². The normalized spacial score (nSPS) is 17.9. The van der Waals surface area contributed by atoms with Crippen molar-refractivity contribution in [1.29, 1.82) is 0 Å². The van der Waals surface area contributed by atoms with Gasteiger partial charge in [0.1, 0.15) is 5.75 Å². The van der Waals surface area contributed by atoms with E-state index in [0.29, 0.717) is 11.5 Å². The largest absolute Gasteiger partial charge is 0.493 e. The van der Waals surface area contributed by atoms with Crippen molar-refractivity contribution < 1.29 is 14.5 Å². The molecule has 2 saturated heterocycles. The number of benzene rings is 2. The molecule has 1 amide bonds. The van der Waals surface area contributed by atoms with Crippen molar-refractivity contribution in [1.82, 2.24) is 9.80 Å². The van der Waals surface area contributed by atoms with Crippen LogP contribution in [0, 0.1) is 21.4 Å². The molecule has 34 heavy (non-hydrogen) atoms. The van der Waals surface area contributed by atoms with Gasteiger partial charge >= 0.3 is 0 Å². The molecule has 2 aliphatic heterocycles. The minimum Gasteiger partial charge on any atom is -0.493 e. The fourth-order valence-corrected chi connectivity index (χ4v) is 5.19. The minimum atomic E-state index is -0.410. The second-order valence-electron chi connectivity index (χ2n) is 10.2. The number of ether oxygens (including phenoxy) is 1. The Bertz CT molecular complexity index is 1010. The Balaban J connectivity index is 1.31. The van der Waals surface area contributed by atoms with Gasteiger partial charge in [0, 0.05) is 43.4 Å². The van der Waals surface area contributed by atoms with Gasteiger partial charge in [-0.1, -0.05) is 50.2 Å². The summed E-state index contributed by atoms with van der Waals surface area (Å²) in [6, 6.07) is 14.9. The number of hydrogen-bond acceptors (Lipinski definition) is 5. The first-order valence-corrected chi connectivity index (χ1v) is 12.3. The van der Waals surface area contributed by atoms with Crippen LogP contribution in [0.25, 0.3) is 0 Å². The first-order valence-electron chi connectivity index (χ1n) is 12.3. The van der Waals surface area contributed by atoms with Gasteiger partial charge in [-0.3, -0.25) is 19.8 Å². The first kappa shape index (κ1) is 24.2. The molecule has 0 bridgehead atoms. The van der Waals surface area contributed by atoms with Gasteiger partial charge < -0.3 is 9.64 Å². The molecule has 0 atom stereocenters. The highest BCUT2D eigenvalue weighted by atomic mass is 16.6. The maximum Gasteiger partial charge on any atom is 0.273 e. The second kappa shape index (κ2) is 10.6. The fraction of sp³-hybridized carbons (Fsp3) is 0.519. The van der Waals surface area contributed by atoms with E-state index >= 15 is 0 Å². The second-order valence-corrected chi connectivity index (χ2v) is 10.2. The molecule has 1 spiro atoms. The first-order chi connectivity index (χ1) is 16.3. The lowest BCUT2D eigenvalue weighted by molar-refractivity contribution is -0.385. The van der Waals surface area contributed by atoms with E-state index in [1.165, 1.54) is 11.6 Å². The number of piperidine rings is 1. The smallest absolute Gasteiger partial charge is 0.273 e. The van der Waals surface area contributed by atoms with Crippen LogP contribution in [0.2, 0.25) is 0 Å². The average molecular weight is 466 g/mol. The third-order valence-electron chi connectivity index (χ3n) is 7.16. The highest BCUT2D eigenvalue weighted by Crippen LogP contribution is 2.41. The number of likely N-dealkylation sites (tertiary alicyclic amines) is 2. The number of amides is 1. The van der Waals surface area contributed by atoms with Crippen molar-refractivity contribution in [2.24, 2.45) is 11.3 Å². The third-order valence-corrected chi connectivity index (χ3v) is 7.16. The molecule has 0 N–H and O–H groups in total. The van der Waals surface area contributed by atoms with Crippen LogP contribution in [0.3, 0.4) is 0 Å². The topological polar surface area (TPSA) is 75.9 Å². The summed E-state index contributed by atoms with van der Waals surface area (Å²) in [6.45, 7) is 9.46. The Morgan fingerprint density at radius 2 is 1.68 bits per heavy atom. The zero-order valence-corrected chi connectivity index (χ0v) is 20.2. The molecule has 0 aliphatic carbocycles. The monoisotopic (exact) mass is 465 g/mol. The molecule has 0 aromatic heterocycles. The summed E-state index contributed by atoms with van der Waals surface area (Å²) in [5, 5.41) is 11.3. The van der Waals surface area contributed by atoms with E-state index in [2.05, 4.69) is 36.9 Å². The number of nitro benzene ring substituents is 1.